The van der Waals surface area contributed by atoms with Crippen LogP contribution < -0.4 is 10.6 Å². The third-order valence-corrected chi connectivity index (χ3v) is 3.84. The topological polar surface area (TPSA) is 70.6 Å². The first-order valence-electron chi connectivity index (χ1n) is 7.05. The molecule has 2 amide bonds. The molecule has 0 bridgehead atoms. The second-order valence-electron chi connectivity index (χ2n) is 5.39. The quantitative estimate of drug-likeness (QED) is 0.687. The molecule has 1 aliphatic heterocycles. The fourth-order valence-electron chi connectivity index (χ4n) is 2.75. The van der Waals surface area contributed by atoms with Crippen molar-refractivity contribution >= 4 is 6.03 Å². The lowest BCUT2D eigenvalue weighted by molar-refractivity contribution is 0.104. The van der Waals surface area contributed by atoms with Crippen molar-refractivity contribution in [3.8, 4) is 0 Å². The van der Waals surface area contributed by atoms with Gasteiger partial charge in [-0.05, 0) is 44.4 Å². The summed E-state index contributed by atoms with van der Waals surface area (Å²) in [5.41, 5.74) is 0. The Morgan fingerprint density at radius 1 is 1.28 bits per heavy atom. The first kappa shape index (κ1) is 13.6. The maximum atomic E-state index is 11.5. The van der Waals surface area contributed by atoms with Gasteiger partial charge in [0.05, 0.1) is 12.2 Å². The van der Waals surface area contributed by atoms with Crippen LogP contribution >= 0.6 is 0 Å². The van der Waals surface area contributed by atoms with E-state index in [4.69, 9.17) is 4.74 Å². The molecular formula is C13H24N2O3. The van der Waals surface area contributed by atoms with E-state index in [1.54, 1.807) is 0 Å². The summed E-state index contributed by atoms with van der Waals surface area (Å²) in [6.45, 7) is 2.20. The van der Waals surface area contributed by atoms with Gasteiger partial charge in [-0.2, -0.15) is 0 Å². The van der Waals surface area contributed by atoms with E-state index in [0.717, 1.165) is 45.1 Å². The zero-order valence-electron chi connectivity index (χ0n) is 10.9. The highest BCUT2D eigenvalue weighted by Gasteiger charge is 2.22. The molecule has 0 aromatic rings. The summed E-state index contributed by atoms with van der Waals surface area (Å²) >= 11 is 0. The minimum Gasteiger partial charge on any atom is -0.393 e. The molecule has 3 atom stereocenters. The summed E-state index contributed by atoms with van der Waals surface area (Å²) in [5.74, 6) is 0.434. The van der Waals surface area contributed by atoms with E-state index >= 15 is 0 Å². The molecule has 0 radical (unpaired) electrons. The van der Waals surface area contributed by atoms with E-state index in [9.17, 15) is 9.90 Å². The standard InChI is InChI=1S/C13H24N2O3/c16-11-4-3-10(8-11)9-15-13(17)14-6-5-12-2-1-7-18-12/h10-12,16H,1-9H2,(H2,14,15,17). The first-order valence-corrected chi connectivity index (χ1v) is 7.05. The number of aliphatic hydroxyl groups is 1. The number of nitrogens with one attached hydrogen (secondary N) is 2. The van der Waals surface area contributed by atoms with Crippen molar-refractivity contribution in [1.82, 2.24) is 10.6 Å². The van der Waals surface area contributed by atoms with Gasteiger partial charge in [-0.15, -0.1) is 0 Å². The smallest absolute Gasteiger partial charge is 0.314 e. The van der Waals surface area contributed by atoms with Gasteiger partial charge in [0.15, 0.2) is 0 Å². The summed E-state index contributed by atoms with van der Waals surface area (Å²) in [5, 5.41) is 15.1. The molecule has 3 N–H and O–H groups in total. The molecule has 1 heterocycles. The number of rotatable bonds is 5. The lowest BCUT2D eigenvalue weighted by Crippen LogP contribution is -2.39. The summed E-state index contributed by atoms with van der Waals surface area (Å²) in [6, 6.07) is -0.102. The fourth-order valence-corrected chi connectivity index (χ4v) is 2.75. The highest BCUT2D eigenvalue weighted by molar-refractivity contribution is 5.73. The van der Waals surface area contributed by atoms with Gasteiger partial charge in [0, 0.05) is 19.7 Å². The molecule has 1 aliphatic carbocycles. The molecule has 2 rings (SSSR count). The molecule has 18 heavy (non-hydrogen) atoms. The monoisotopic (exact) mass is 256 g/mol. The van der Waals surface area contributed by atoms with E-state index in [-0.39, 0.29) is 12.1 Å². The predicted molar refractivity (Wildman–Crippen MR) is 68.3 cm³/mol. The number of urea groups is 1. The highest BCUT2D eigenvalue weighted by Crippen LogP contribution is 2.24. The molecule has 5 heteroatoms. The molecule has 2 aliphatic rings. The largest absolute Gasteiger partial charge is 0.393 e. The van der Waals surface area contributed by atoms with Crippen LogP contribution in [0.3, 0.4) is 0 Å². The molecule has 1 saturated heterocycles. The number of hydrogen-bond donors (Lipinski definition) is 3. The van der Waals surface area contributed by atoms with E-state index in [1.165, 1.54) is 0 Å². The summed E-state index contributed by atoms with van der Waals surface area (Å²) < 4.78 is 5.49. The third kappa shape index (κ3) is 4.46. The normalized spacial score (nSPS) is 31.5. The molecule has 0 spiro atoms. The van der Waals surface area contributed by atoms with Gasteiger partial charge in [-0.1, -0.05) is 0 Å². The maximum Gasteiger partial charge on any atom is 0.314 e. The molecule has 0 aromatic carbocycles. The Kier molecular flexibility index (Phi) is 5.26. The predicted octanol–water partition coefficient (Wildman–Crippen LogP) is 1.02. The minimum absolute atomic E-state index is 0.102. The molecule has 1 saturated carbocycles. The number of aliphatic hydroxyl groups excluding tert-OH is 1. The second kappa shape index (κ2) is 6.95. The summed E-state index contributed by atoms with van der Waals surface area (Å²) in [6.07, 6.45) is 6.01. The Morgan fingerprint density at radius 2 is 2.17 bits per heavy atom. The maximum absolute atomic E-state index is 11.5. The fraction of sp³-hybridized carbons (Fsp3) is 0.923. The van der Waals surface area contributed by atoms with Crippen LogP contribution in [0.2, 0.25) is 0 Å². The zero-order valence-corrected chi connectivity index (χ0v) is 10.9. The van der Waals surface area contributed by atoms with Crippen LogP contribution in [-0.4, -0.2) is 43.0 Å². The van der Waals surface area contributed by atoms with E-state index in [1.807, 2.05) is 0 Å². The Labute approximate surface area is 108 Å². The SMILES string of the molecule is O=C(NCCC1CCCO1)NCC1CCC(O)C1. The third-order valence-electron chi connectivity index (χ3n) is 3.84. The van der Waals surface area contributed by atoms with Crippen LogP contribution in [-0.2, 0) is 4.74 Å². The van der Waals surface area contributed by atoms with E-state index in [0.29, 0.717) is 25.1 Å². The molecule has 5 nitrogen and oxygen atoms in total. The number of carbonyl (C=O) groups excluding carboxylic acids is 1. The Morgan fingerprint density at radius 3 is 2.83 bits per heavy atom. The van der Waals surface area contributed by atoms with Crippen LogP contribution in [0.25, 0.3) is 0 Å². The van der Waals surface area contributed by atoms with Gasteiger partial charge in [0.25, 0.3) is 0 Å². The molecular weight excluding hydrogens is 232 g/mol. The average molecular weight is 256 g/mol. The number of hydrogen-bond acceptors (Lipinski definition) is 3. The molecule has 0 aromatic heterocycles. The summed E-state index contributed by atoms with van der Waals surface area (Å²) in [7, 11) is 0. The van der Waals surface area contributed by atoms with Gasteiger partial charge in [0.2, 0.25) is 0 Å². The van der Waals surface area contributed by atoms with Crippen molar-refractivity contribution in [2.75, 3.05) is 19.7 Å². The van der Waals surface area contributed by atoms with Gasteiger partial charge in [0.1, 0.15) is 0 Å². The number of carbonyl (C=O) groups is 1. The van der Waals surface area contributed by atoms with Crippen LogP contribution in [0.15, 0.2) is 0 Å². The molecule has 2 fully saturated rings. The number of amides is 2. The van der Waals surface area contributed by atoms with Crippen LogP contribution in [0.4, 0.5) is 4.79 Å². The van der Waals surface area contributed by atoms with Crippen molar-refractivity contribution in [3.05, 3.63) is 0 Å². The van der Waals surface area contributed by atoms with Gasteiger partial charge in [-0.3, -0.25) is 0 Å². The van der Waals surface area contributed by atoms with Crippen molar-refractivity contribution in [1.29, 1.82) is 0 Å². The first-order chi connectivity index (χ1) is 8.74. The van der Waals surface area contributed by atoms with Crippen molar-refractivity contribution in [3.63, 3.8) is 0 Å². The average Bonchev–Trinajstić information content (AvgIpc) is 2.98. The van der Waals surface area contributed by atoms with Crippen molar-refractivity contribution < 1.29 is 14.6 Å². The van der Waals surface area contributed by atoms with E-state index < -0.39 is 0 Å². The van der Waals surface area contributed by atoms with Crippen LogP contribution in [0, 0.1) is 5.92 Å². The second-order valence-corrected chi connectivity index (χ2v) is 5.39. The Balaban J connectivity index is 1.49. The van der Waals surface area contributed by atoms with Gasteiger partial charge in [-0.25, -0.2) is 4.79 Å². The zero-order chi connectivity index (χ0) is 12.8. The molecule has 3 unspecified atom stereocenters. The highest BCUT2D eigenvalue weighted by atomic mass is 16.5. The number of ether oxygens (including phenoxy) is 1. The van der Waals surface area contributed by atoms with Crippen LogP contribution in [0.5, 0.6) is 0 Å². The lowest BCUT2D eigenvalue weighted by atomic mass is 10.1. The summed E-state index contributed by atoms with van der Waals surface area (Å²) in [4.78, 5) is 11.5. The van der Waals surface area contributed by atoms with Crippen molar-refractivity contribution in [2.45, 2.75) is 50.7 Å². The molecule has 104 valence electrons. The minimum atomic E-state index is -0.167. The van der Waals surface area contributed by atoms with Gasteiger partial charge < -0.3 is 20.5 Å². The van der Waals surface area contributed by atoms with Crippen molar-refractivity contribution in [2.24, 2.45) is 5.92 Å². The Hall–Kier alpha value is -0.810. The Bertz CT molecular complexity index is 267. The lowest BCUT2D eigenvalue weighted by Gasteiger charge is -2.13. The van der Waals surface area contributed by atoms with Gasteiger partial charge >= 0.3 is 6.03 Å². The van der Waals surface area contributed by atoms with E-state index in [2.05, 4.69) is 10.6 Å². The van der Waals surface area contributed by atoms with Crippen LogP contribution in [0.1, 0.15) is 38.5 Å².